The molecule has 1 aromatic carbocycles. The second-order valence-electron chi connectivity index (χ2n) is 2.69. The minimum atomic E-state index is -0.460. The van der Waals surface area contributed by atoms with Crippen LogP contribution < -0.4 is 4.74 Å². The molecule has 0 atom stereocenters. The Balaban J connectivity index is 2.40. The first-order chi connectivity index (χ1) is 6.72. The molecule has 0 N–H and O–H groups in total. The van der Waals surface area contributed by atoms with Gasteiger partial charge in [0.25, 0.3) is 0 Å². The normalized spacial score (nSPS) is 9.57. The number of rotatable bonds is 4. The number of carbonyl (C=O) groups excluding carboxylic acids is 1. The van der Waals surface area contributed by atoms with Gasteiger partial charge in [-0.25, -0.2) is 4.79 Å². The maximum atomic E-state index is 10.4. The zero-order valence-corrected chi connectivity index (χ0v) is 8.15. The molecule has 76 valence electrons. The van der Waals surface area contributed by atoms with E-state index in [1.165, 1.54) is 6.92 Å². The summed E-state index contributed by atoms with van der Waals surface area (Å²) in [7, 11) is 1.60. The standard InChI is InChI=1S/C10H12O4/c1-8(11)14-13-7-9-3-5-10(12-2)6-4-9/h3-6H,7H2,1-2H3. The zero-order chi connectivity index (χ0) is 10.4. The van der Waals surface area contributed by atoms with E-state index in [0.717, 1.165) is 11.3 Å². The van der Waals surface area contributed by atoms with Gasteiger partial charge < -0.3 is 4.74 Å². The molecule has 0 aliphatic rings. The van der Waals surface area contributed by atoms with Crippen LogP contribution in [0, 0.1) is 0 Å². The lowest BCUT2D eigenvalue weighted by Crippen LogP contribution is -2.00. The van der Waals surface area contributed by atoms with Crippen molar-refractivity contribution in [3.8, 4) is 5.75 Å². The van der Waals surface area contributed by atoms with Crippen molar-refractivity contribution < 1.29 is 19.3 Å². The van der Waals surface area contributed by atoms with Crippen LogP contribution in [0.25, 0.3) is 0 Å². The monoisotopic (exact) mass is 196 g/mol. The zero-order valence-electron chi connectivity index (χ0n) is 8.15. The quantitative estimate of drug-likeness (QED) is 0.543. The van der Waals surface area contributed by atoms with Crippen molar-refractivity contribution in [2.45, 2.75) is 13.5 Å². The van der Waals surface area contributed by atoms with Crippen LogP contribution in [-0.4, -0.2) is 13.1 Å². The van der Waals surface area contributed by atoms with Crippen molar-refractivity contribution in [3.63, 3.8) is 0 Å². The first-order valence-electron chi connectivity index (χ1n) is 4.15. The van der Waals surface area contributed by atoms with Crippen LogP contribution in [0.1, 0.15) is 12.5 Å². The first-order valence-corrected chi connectivity index (χ1v) is 4.15. The summed E-state index contributed by atoms with van der Waals surface area (Å²) >= 11 is 0. The van der Waals surface area contributed by atoms with E-state index in [1.807, 2.05) is 24.3 Å². The Morgan fingerprint density at radius 3 is 2.43 bits per heavy atom. The highest BCUT2D eigenvalue weighted by molar-refractivity contribution is 5.65. The van der Waals surface area contributed by atoms with Crippen molar-refractivity contribution in [2.75, 3.05) is 7.11 Å². The van der Waals surface area contributed by atoms with Gasteiger partial charge in [-0.2, -0.15) is 4.89 Å². The van der Waals surface area contributed by atoms with Gasteiger partial charge in [0.2, 0.25) is 0 Å². The Morgan fingerprint density at radius 2 is 1.93 bits per heavy atom. The van der Waals surface area contributed by atoms with E-state index in [-0.39, 0.29) is 6.61 Å². The molecule has 0 aliphatic heterocycles. The summed E-state index contributed by atoms with van der Waals surface area (Å²) in [5, 5.41) is 0. The number of methoxy groups -OCH3 is 1. The lowest BCUT2D eigenvalue weighted by Gasteiger charge is -2.03. The van der Waals surface area contributed by atoms with Gasteiger partial charge in [0.05, 0.1) is 7.11 Å². The Bertz CT molecular complexity index is 291. The molecular formula is C10H12O4. The molecule has 0 aromatic heterocycles. The average Bonchev–Trinajstić information content (AvgIpc) is 2.18. The number of hydrogen-bond acceptors (Lipinski definition) is 4. The van der Waals surface area contributed by atoms with E-state index in [2.05, 4.69) is 9.78 Å². The average molecular weight is 196 g/mol. The van der Waals surface area contributed by atoms with Crippen molar-refractivity contribution in [2.24, 2.45) is 0 Å². The van der Waals surface area contributed by atoms with Gasteiger partial charge in [0.15, 0.2) is 0 Å². The van der Waals surface area contributed by atoms with Gasteiger partial charge in [-0.1, -0.05) is 12.1 Å². The van der Waals surface area contributed by atoms with Gasteiger partial charge in [-0.15, -0.1) is 0 Å². The fourth-order valence-electron chi connectivity index (χ4n) is 0.902. The van der Waals surface area contributed by atoms with Crippen molar-refractivity contribution in [3.05, 3.63) is 29.8 Å². The third kappa shape index (κ3) is 3.45. The molecule has 4 nitrogen and oxygen atoms in total. The molecule has 4 heteroatoms. The third-order valence-electron chi connectivity index (χ3n) is 1.56. The number of ether oxygens (including phenoxy) is 1. The minimum absolute atomic E-state index is 0.240. The Hall–Kier alpha value is -1.55. The molecule has 14 heavy (non-hydrogen) atoms. The Morgan fingerprint density at radius 1 is 1.29 bits per heavy atom. The Kier molecular flexibility index (Phi) is 3.94. The van der Waals surface area contributed by atoms with Crippen LogP contribution in [0.15, 0.2) is 24.3 Å². The van der Waals surface area contributed by atoms with Gasteiger partial charge in [0.1, 0.15) is 12.4 Å². The Labute approximate surface area is 82.3 Å². The smallest absolute Gasteiger partial charge is 0.339 e. The molecule has 0 unspecified atom stereocenters. The molecule has 0 spiro atoms. The maximum absolute atomic E-state index is 10.4. The molecule has 0 fully saturated rings. The van der Waals surface area contributed by atoms with E-state index < -0.39 is 5.97 Å². The molecule has 0 saturated carbocycles. The minimum Gasteiger partial charge on any atom is -0.497 e. The van der Waals surface area contributed by atoms with Gasteiger partial charge >= 0.3 is 5.97 Å². The summed E-state index contributed by atoms with van der Waals surface area (Å²) in [5.74, 6) is 0.319. The van der Waals surface area contributed by atoms with Crippen LogP contribution in [0.2, 0.25) is 0 Å². The van der Waals surface area contributed by atoms with Crippen LogP contribution in [0.5, 0.6) is 5.75 Å². The molecule has 0 saturated heterocycles. The molecule has 0 amide bonds. The number of benzene rings is 1. The molecule has 1 rings (SSSR count). The summed E-state index contributed by atoms with van der Waals surface area (Å²) in [6.07, 6.45) is 0. The van der Waals surface area contributed by atoms with Crippen LogP contribution in [-0.2, 0) is 21.2 Å². The topological polar surface area (TPSA) is 44.8 Å². The summed E-state index contributed by atoms with van der Waals surface area (Å²) in [4.78, 5) is 19.4. The summed E-state index contributed by atoms with van der Waals surface area (Å²) in [6, 6.07) is 7.30. The molecule has 0 heterocycles. The molecule has 0 radical (unpaired) electrons. The predicted octanol–water partition coefficient (Wildman–Crippen LogP) is 1.69. The van der Waals surface area contributed by atoms with E-state index >= 15 is 0 Å². The lowest BCUT2D eigenvalue weighted by atomic mass is 10.2. The van der Waals surface area contributed by atoms with Gasteiger partial charge in [-0.05, 0) is 17.7 Å². The molecule has 1 aromatic rings. The number of hydrogen-bond donors (Lipinski definition) is 0. The van der Waals surface area contributed by atoms with Gasteiger partial charge in [0, 0.05) is 6.92 Å². The highest BCUT2D eigenvalue weighted by atomic mass is 17.2. The highest BCUT2D eigenvalue weighted by Gasteiger charge is 1.97. The van der Waals surface area contributed by atoms with Crippen LogP contribution in [0.3, 0.4) is 0 Å². The fourth-order valence-corrected chi connectivity index (χ4v) is 0.902. The summed E-state index contributed by atoms with van der Waals surface area (Å²) in [6.45, 7) is 1.53. The fraction of sp³-hybridized carbons (Fsp3) is 0.300. The molecular weight excluding hydrogens is 184 g/mol. The second kappa shape index (κ2) is 5.24. The maximum Gasteiger partial charge on any atom is 0.339 e. The van der Waals surface area contributed by atoms with E-state index in [1.54, 1.807) is 7.11 Å². The highest BCUT2D eigenvalue weighted by Crippen LogP contribution is 2.11. The predicted molar refractivity (Wildman–Crippen MR) is 49.5 cm³/mol. The lowest BCUT2D eigenvalue weighted by molar-refractivity contribution is -0.277. The largest absolute Gasteiger partial charge is 0.497 e. The molecule has 0 aliphatic carbocycles. The van der Waals surface area contributed by atoms with Gasteiger partial charge in [-0.3, -0.25) is 4.89 Å². The first kappa shape index (κ1) is 10.5. The van der Waals surface area contributed by atoms with Crippen molar-refractivity contribution >= 4 is 5.97 Å². The van der Waals surface area contributed by atoms with Crippen LogP contribution in [0.4, 0.5) is 0 Å². The van der Waals surface area contributed by atoms with Crippen molar-refractivity contribution in [1.29, 1.82) is 0 Å². The van der Waals surface area contributed by atoms with E-state index in [4.69, 9.17) is 4.74 Å². The summed E-state index contributed by atoms with van der Waals surface area (Å²) < 4.78 is 4.99. The third-order valence-corrected chi connectivity index (χ3v) is 1.56. The van der Waals surface area contributed by atoms with Crippen LogP contribution >= 0.6 is 0 Å². The second-order valence-corrected chi connectivity index (χ2v) is 2.69. The summed E-state index contributed by atoms with van der Waals surface area (Å²) in [5.41, 5.74) is 0.909. The SMILES string of the molecule is COc1ccc(COOC(C)=O)cc1. The van der Waals surface area contributed by atoms with E-state index in [9.17, 15) is 4.79 Å². The van der Waals surface area contributed by atoms with E-state index in [0.29, 0.717) is 0 Å². The number of carbonyl (C=O) groups is 1. The van der Waals surface area contributed by atoms with Crippen molar-refractivity contribution in [1.82, 2.24) is 0 Å². The molecule has 0 bridgehead atoms.